The van der Waals surface area contributed by atoms with Crippen molar-refractivity contribution in [2.45, 2.75) is 51.9 Å². The molecule has 0 spiro atoms. The second-order valence-electron chi connectivity index (χ2n) is 8.76. The van der Waals surface area contributed by atoms with Crippen LogP contribution in [0.2, 0.25) is 0 Å². The van der Waals surface area contributed by atoms with Crippen molar-refractivity contribution >= 4 is 29.4 Å². The first-order valence-corrected chi connectivity index (χ1v) is 11.7. The number of benzene rings is 2. The van der Waals surface area contributed by atoms with Crippen LogP contribution in [0, 0.1) is 11.8 Å². The number of anilines is 2. The summed E-state index contributed by atoms with van der Waals surface area (Å²) in [5.41, 5.74) is 14.4. The van der Waals surface area contributed by atoms with Crippen molar-refractivity contribution < 1.29 is 19.1 Å². The zero-order valence-corrected chi connectivity index (χ0v) is 19.3. The molecule has 1 aliphatic carbocycles. The van der Waals surface area contributed by atoms with E-state index in [-0.39, 0.29) is 18.5 Å². The quantitative estimate of drug-likeness (QED) is 0.237. The van der Waals surface area contributed by atoms with E-state index in [9.17, 15) is 9.59 Å². The molecule has 1 fully saturated rings. The molecule has 0 heterocycles. The zero-order chi connectivity index (χ0) is 23.6. The Morgan fingerprint density at radius 2 is 1.67 bits per heavy atom. The summed E-state index contributed by atoms with van der Waals surface area (Å²) in [5.74, 6) is 0.709. The molecule has 0 radical (unpaired) electrons. The standard InChI is InChI=1S/C27H34N2O4/c1-2-3-19-4-9-22(10-5-19)27(31)33-25-11-6-20(7-12-25)8-13-26(30)32-15-14-21-16-23(28)18-24(29)17-21/h6-8,11-13,16-19,22H,2-5,9-10,14-15,28-29H2,1H3/b13-8+. The zero-order valence-electron chi connectivity index (χ0n) is 19.3. The Morgan fingerprint density at radius 1 is 1.00 bits per heavy atom. The first-order valence-electron chi connectivity index (χ1n) is 11.7. The summed E-state index contributed by atoms with van der Waals surface area (Å²) in [4.78, 5) is 24.4. The van der Waals surface area contributed by atoms with Crippen LogP contribution in [-0.4, -0.2) is 18.5 Å². The van der Waals surface area contributed by atoms with Crippen LogP contribution in [0.5, 0.6) is 5.75 Å². The molecule has 4 N–H and O–H groups in total. The number of carbonyl (C=O) groups excluding carboxylic acids is 2. The van der Waals surface area contributed by atoms with E-state index >= 15 is 0 Å². The molecule has 0 aromatic heterocycles. The van der Waals surface area contributed by atoms with Crippen LogP contribution >= 0.6 is 0 Å². The molecule has 0 bridgehead atoms. The van der Waals surface area contributed by atoms with Gasteiger partial charge in [0.25, 0.3) is 0 Å². The highest BCUT2D eigenvalue weighted by Gasteiger charge is 2.27. The number of nitrogen functional groups attached to an aromatic ring is 2. The highest BCUT2D eigenvalue weighted by atomic mass is 16.5. The van der Waals surface area contributed by atoms with Gasteiger partial charge in [-0.1, -0.05) is 31.9 Å². The van der Waals surface area contributed by atoms with Crippen LogP contribution in [0.15, 0.2) is 48.5 Å². The fourth-order valence-corrected chi connectivity index (χ4v) is 4.31. The summed E-state index contributed by atoms with van der Waals surface area (Å²) in [7, 11) is 0. The smallest absolute Gasteiger partial charge is 0.330 e. The average Bonchev–Trinajstić information content (AvgIpc) is 2.79. The van der Waals surface area contributed by atoms with Crippen molar-refractivity contribution in [1.82, 2.24) is 0 Å². The number of hydrogen-bond acceptors (Lipinski definition) is 6. The third kappa shape index (κ3) is 7.97. The van der Waals surface area contributed by atoms with Gasteiger partial charge in [0, 0.05) is 23.9 Å². The second kappa shape index (κ2) is 12.1. The summed E-state index contributed by atoms with van der Waals surface area (Å²) in [5, 5.41) is 0. The summed E-state index contributed by atoms with van der Waals surface area (Å²) in [6.07, 6.45) is 10.1. The van der Waals surface area contributed by atoms with Gasteiger partial charge in [0.2, 0.25) is 0 Å². The highest BCUT2D eigenvalue weighted by molar-refractivity contribution is 5.87. The monoisotopic (exact) mass is 450 g/mol. The summed E-state index contributed by atoms with van der Waals surface area (Å²) >= 11 is 0. The lowest BCUT2D eigenvalue weighted by Crippen LogP contribution is -2.25. The minimum absolute atomic E-state index is 0.00350. The van der Waals surface area contributed by atoms with Crippen molar-refractivity contribution in [3.8, 4) is 5.75 Å². The minimum Gasteiger partial charge on any atom is -0.462 e. The molecule has 33 heavy (non-hydrogen) atoms. The Balaban J connectivity index is 1.41. The van der Waals surface area contributed by atoms with Crippen LogP contribution in [0.1, 0.15) is 56.6 Å². The Labute approximate surface area is 195 Å². The average molecular weight is 451 g/mol. The van der Waals surface area contributed by atoms with Gasteiger partial charge >= 0.3 is 11.9 Å². The molecule has 1 saturated carbocycles. The van der Waals surface area contributed by atoms with E-state index in [1.165, 1.54) is 18.9 Å². The van der Waals surface area contributed by atoms with E-state index < -0.39 is 5.97 Å². The molecule has 0 atom stereocenters. The van der Waals surface area contributed by atoms with E-state index in [0.29, 0.717) is 23.5 Å². The molecule has 6 heteroatoms. The fraction of sp³-hybridized carbons (Fsp3) is 0.407. The predicted molar refractivity (Wildman–Crippen MR) is 131 cm³/mol. The summed E-state index contributed by atoms with van der Waals surface area (Å²) < 4.78 is 10.8. The lowest BCUT2D eigenvalue weighted by molar-refractivity contribution is -0.140. The van der Waals surface area contributed by atoms with Gasteiger partial charge < -0.3 is 20.9 Å². The molecule has 1 aliphatic rings. The molecular weight excluding hydrogens is 416 g/mol. The third-order valence-electron chi connectivity index (χ3n) is 6.06. The molecule has 6 nitrogen and oxygen atoms in total. The van der Waals surface area contributed by atoms with Crippen molar-refractivity contribution in [1.29, 1.82) is 0 Å². The molecule has 0 unspecified atom stereocenters. The largest absolute Gasteiger partial charge is 0.462 e. The SMILES string of the molecule is CCCC1CCC(C(=O)Oc2ccc(/C=C/C(=O)OCCc3cc(N)cc(N)c3)cc2)CC1. The Hall–Kier alpha value is -3.28. The molecule has 2 aromatic carbocycles. The van der Waals surface area contributed by atoms with Gasteiger partial charge in [0.15, 0.2) is 0 Å². The predicted octanol–water partition coefficient (Wildman–Crippen LogP) is 5.16. The summed E-state index contributed by atoms with van der Waals surface area (Å²) in [6, 6.07) is 12.4. The van der Waals surface area contributed by atoms with Gasteiger partial charge in [-0.2, -0.15) is 0 Å². The second-order valence-corrected chi connectivity index (χ2v) is 8.76. The van der Waals surface area contributed by atoms with Gasteiger partial charge in [-0.05, 0) is 79.1 Å². The van der Waals surface area contributed by atoms with Gasteiger partial charge in [-0.3, -0.25) is 4.79 Å². The Bertz CT molecular complexity index is 940. The van der Waals surface area contributed by atoms with E-state index in [1.807, 2.05) is 12.1 Å². The first-order chi connectivity index (χ1) is 15.9. The molecule has 0 saturated heterocycles. The Morgan fingerprint density at radius 3 is 2.30 bits per heavy atom. The maximum Gasteiger partial charge on any atom is 0.330 e. The number of ether oxygens (including phenoxy) is 2. The van der Waals surface area contributed by atoms with Crippen molar-refractivity contribution in [2.75, 3.05) is 18.1 Å². The molecule has 0 amide bonds. The van der Waals surface area contributed by atoms with Gasteiger partial charge in [0.1, 0.15) is 5.75 Å². The summed E-state index contributed by atoms with van der Waals surface area (Å²) in [6.45, 7) is 2.45. The molecule has 3 rings (SSSR count). The number of hydrogen-bond donors (Lipinski definition) is 2. The molecule has 0 aliphatic heterocycles. The van der Waals surface area contributed by atoms with Crippen LogP contribution in [0.25, 0.3) is 6.08 Å². The van der Waals surface area contributed by atoms with E-state index in [1.54, 1.807) is 36.4 Å². The molecule has 176 valence electrons. The van der Waals surface area contributed by atoms with Gasteiger partial charge in [-0.25, -0.2) is 4.79 Å². The third-order valence-corrected chi connectivity index (χ3v) is 6.06. The van der Waals surface area contributed by atoms with Crippen molar-refractivity contribution in [2.24, 2.45) is 11.8 Å². The van der Waals surface area contributed by atoms with Crippen LogP contribution in [0.4, 0.5) is 11.4 Å². The highest BCUT2D eigenvalue weighted by Crippen LogP contribution is 2.32. The molecule has 2 aromatic rings. The Kier molecular flexibility index (Phi) is 8.93. The maximum absolute atomic E-state index is 12.5. The number of nitrogens with two attached hydrogens (primary N) is 2. The number of esters is 2. The minimum atomic E-state index is -0.430. The first kappa shape index (κ1) is 24.4. The fourth-order valence-electron chi connectivity index (χ4n) is 4.31. The topological polar surface area (TPSA) is 105 Å². The number of rotatable bonds is 9. The van der Waals surface area contributed by atoms with E-state index in [0.717, 1.165) is 42.7 Å². The van der Waals surface area contributed by atoms with Crippen molar-refractivity contribution in [3.63, 3.8) is 0 Å². The van der Waals surface area contributed by atoms with Gasteiger partial charge in [-0.15, -0.1) is 0 Å². The number of carbonyl (C=O) groups is 2. The molecular formula is C27H34N2O4. The van der Waals surface area contributed by atoms with E-state index in [4.69, 9.17) is 20.9 Å². The van der Waals surface area contributed by atoms with Crippen LogP contribution in [-0.2, 0) is 20.7 Å². The van der Waals surface area contributed by atoms with Crippen molar-refractivity contribution in [3.05, 3.63) is 59.7 Å². The van der Waals surface area contributed by atoms with Crippen LogP contribution in [0.3, 0.4) is 0 Å². The normalized spacial score (nSPS) is 18.2. The lowest BCUT2D eigenvalue weighted by Gasteiger charge is -2.26. The van der Waals surface area contributed by atoms with Crippen LogP contribution < -0.4 is 16.2 Å². The van der Waals surface area contributed by atoms with Gasteiger partial charge in [0.05, 0.1) is 12.5 Å². The maximum atomic E-state index is 12.5. The van der Waals surface area contributed by atoms with E-state index in [2.05, 4.69) is 6.92 Å². The lowest BCUT2D eigenvalue weighted by atomic mass is 9.80.